The lowest BCUT2D eigenvalue weighted by Gasteiger charge is -2.31. The van der Waals surface area contributed by atoms with Crippen molar-refractivity contribution in [1.29, 1.82) is 0 Å². The molecular weight excluding hydrogens is 344 g/mol. The molecule has 0 radical (unpaired) electrons. The van der Waals surface area contributed by atoms with Crippen LogP contribution in [0.25, 0.3) is 0 Å². The number of hydrogen-bond donors (Lipinski definition) is 3. The molecule has 1 atom stereocenters. The number of ether oxygens (including phenoxy) is 1. The van der Waals surface area contributed by atoms with E-state index in [-0.39, 0.29) is 11.9 Å². The smallest absolute Gasteiger partial charge is 0.316 e. The van der Waals surface area contributed by atoms with Gasteiger partial charge in [-0.3, -0.25) is 9.69 Å². The Labute approximate surface area is 158 Å². The van der Waals surface area contributed by atoms with Crippen molar-refractivity contribution in [3.05, 3.63) is 65.7 Å². The molecular formula is C20H24N4O3. The molecule has 7 nitrogen and oxygen atoms in total. The molecule has 0 spiro atoms. The van der Waals surface area contributed by atoms with E-state index in [0.717, 1.165) is 18.7 Å². The van der Waals surface area contributed by atoms with Crippen LogP contribution in [0, 0.1) is 0 Å². The SMILES string of the molecule is NC(=O)Nc1cccc(C(=O)N[C@@H](CN2CCOCC2)c2ccccc2)c1. The van der Waals surface area contributed by atoms with Crippen molar-refractivity contribution < 1.29 is 14.3 Å². The summed E-state index contributed by atoms with van der Waals surface area (Å²) in [5.41, 5.74) is 7.14. The van der Waals surface area contributed by atoms with Gasteiger partial charge in [0.25, 0.3) is 5.91 Å². The Balaban J connectivity index is 1.74. The molecule has 1 saturated heterocycles. The number of carbonyl (C=O) groups is 2. The molecule has 2 aromatic rings. The maximum Gasteiger partial charge on any atom is 0.316 e. The largest absolute Gasteiger partial charge is 0.379 e. The van der Waals surface area contributed by atoms with Crippen molar-refractivity contribution in [3.63, 3.8) is 0 Å². The molecule has 1 aliphatic rings. The fourth-order valence-corrected chi connectivity index (χ4v) is 3.08. The summed E-state index contributed by atoms with van der Waals surface area (Å²) < 4.78 is 5.41. The van der Waals surface area contributed by atoms with E-state index < -0.39 is 6.03 Å². The van der Waals surface area contributed by atoms with Crippen molar-refractivity contribution in [2.75, 3.05) is 38.2 Å². The summed E-state index contributed by atoms with van der Waals surface area (Å²) >= 11 is 0. The maximum absolute atomic E-state index is 12.8. The molecule has 0 aromatic heterocycles. The van der Waals surface area contributed by atoms with Crippen LogP contribution in [0.2, 0.25) is 0 Å². The Hall–Kier alpha value is -2.90. The lowest BCUT2D eigenvalue weighted by Crippen LogP contribution is -2.43. The molecule has 1 aliphatic heterocycles. The van der Waals surface area contributed by atoms with Crippen LogP contribution < -0.4 is 16.4 Å². The quantitative estimate of drug-likeness (QED) is 0.726. The average Bonchev–Trinajstić information content (AvgIpc) is 2.68. The first-order valence-corrected chi connectivity index (χ1v) is 8.94. The monoisotopic (exact) mass is 368 g/mol. The van der Waals surface area contributed by atoms with Gasteiger partial charge in [-0.15, -0.1) is 0 Å². The van der Waals surface area contributed by atoms with Gasteiger partial charge in [0.2, 0.25) is 0 Å². The third kappa shape index (κ3) is 5.54. The Morgan fingerprint density at radius 2 is 1.81 bits per heavy atom. The zero-order valence-corrected chi connectivity index (χ0v) is 15.1. The van der Waals surface area contributed by atoms with Gasteiger partial charge in [-0.25, -0.2) is 4.79 Å². The van der Waals surface area contributed by atoms with Gasteiger partial charge in [-0.2, -0.15) is 0 Å². The van der Waals surface area contributed by atoms with Crippen LogP contribution >= 0.6 is 0 Å². The van der Waals surface area contributed by atoms with E-state index >= 15 is 0 Å². The van der Waals surface area contributed by atoms with E-state index in [1.165, 1.54) is 0 Å². The zero-order chi connectivity index (χ0) is 19.1. The zero-order valence-electron chi connectivity index (χ0n) is 15.1. The molecule has 142 valence electrons. The minimum atomic E-state index is -0.665. The summed E-state index contributed by atoms with van der Waals surface area (Å²) in [6.45, 7) is 3.80. The number of nitrogens with one attached hydrogen (secondary N) is 2. The number of urea groups is 1. The highest BCUT2D eigenvalue weighted by molar-refractivity contribution is 5.96. The lowest BCUT2D eigenvalue weighted by atomic mass is 10.0. The highest BCUT2D eigenvalue weighted by Crippen LogP contribution is 2.17. The molecule has 1 fully saturated rings. The molecule has 0 aliphatic carbocycles. The van der Waals surface area contributed by atoms with Gasteiger partial charge in [0, 0.05) is 30.9 Å². The summed E-state index contributed by atoms with van der Waals surface area (Å²) in [5, 5.41) is 5.60. The lowest BCUT2D eigenvalue weighted by molar-refractivity contribution is 0.0332. The van der Waals surface area contributed by atoms with Gasteiger partial charge >= 0.3 is 6.03 Å². The Morgan fingerprint density at radius 1 is 1.07 bits per heavy atom. The van der Waals surface area contributed by atoms with Gasteiger partial charge < -0.3 is 21.1 Å². The van der Waals surface area contributed by atoms with E-state index in [9.17, 15) is 9.59 Å². The number of anilines is 1. The van der Waals surface area contributed by atoms with Crippen molar-refractivity contribution in [3.8, 4) is 0 Å². The summed E-state index contributed by atoms with van der Waals surface area (Å²) in [6.07, 6.45) is 0. The molecule has 0 bridgehead atoms. The highest BCUT2D eigenvalue weighted by atomic mass is 16.5. The third-order valence-electron chi connectivity index (χ3n) is 4.44. The first-order chi connectivity index (χ1) is 13.1. The minimum absolute atomic E-state index is 0.149. The standard InChI is InChI=1S/C20H24N4O3/c21-20(26)22-17-8-4-7-16(13-17)19(25)23-18(15-5-2-1-3-6-15)14-24-9-11-27-12-10-24/h1-8,13,18H,9-12,14H2,(H,23,25)(H3,21,22,26)/t18-/m0/s1. The van der Waals surface area contributed by atoms with E-state index in [4.69, 9.17) is 10.5 Å². The molecule has 4 N–H and O–H groups in total. The van der Waals surface area contributed by atoms with Gasteiger partial charge in [-0.05, 0) is 23.8 Å². The fraction of sp³-hybridized carbons (Fsp3) is 0.300. The van der Waals surface area contributed by atoms with Gasteiger partial charge in [0.05, 0.1) is 19.3 Å². The van der Waals surface area contributed by atoms with E-state index in [1.54, 1.807) is 24.3 Å². The molecule has 1 heterocycles. The fourth-order valence-electron chi connectivity index (χ4n) is 3.08. The molecule has 0 unspecified atom stereocenters. The minimum Gasteiger partial charge on any atom is -0.379 e. The normalized spacial score (nSPS) is 15.7. The molecule has 3 rings (SSSR count). The van der Waals surface area contributed by atoms with Crippen molar-refractivity contribution in [1.82, 2.24) is 10.2 Å². The Bertz CT molecular complexity index is 776. The van der Waals surface area contributed by atoms with Crippen LogP contribution in [0.1, 0.15) is 22.0 Å². The van der Waals surface area contributed by atoms with Crippen LogP contribution in [0.4, 0.5) is 10.5 Å². The Kier molecular flexibility index (Phi) is 6.40. The van der Waals surface area contributed by atoms with E-state index in [0.29, 0.717) is 31.0 Å². The number of nitrogens with zero attached hydrogens (tertiary/aromatic N) is 1. The van der Waals surface area contributed by atoms with E-state index in [2.05, 4.69) is 15.5 Å². The molecule has 0 saturated carbocycles. The number of morpholine rings is 1. The topological polar surface area (TPSA) is 96.7 Å². The van der Waals surface area contributed by atoms with Crippen LogP contribution in [0.5, 0.6) is 0 Å². The summed E-state index contributed by atoms with van der Waals surface area (Å²) in [5.74, 6) is -0.203. The molecule has 7 heteroatoms. The Morgan fingerprint density at radius 3 is 2.52 bits per heavy atom. The average molecular weight is 368 g/mol. The van der Waals surface area contributed by atoms with Crippen molar-refractivity contribution >= 4 is 17.6 Å². The second-order valence-electron chi connectivity index (χ2n) is 6.42. The number of nitrogens with two attached hydrogens (primary N) is 1. The third-order valence-corrected chi connectivity index (χ3v) is 4.44. The first kappa shape index (κ1) is 18.9. The number of benzene rings is 2. The summed E-state index contributed by atoms with van der Waals surface area (Å²) in [4.78, 5) is 26.1. The summed E-state index contributed by atoms with van der Waals surface area (Å²) in [7, 11) is 0. The van der Waals surface area contributed by atoms with E-state index in [1.807, 2.05) is 30.3 Å². The predicted molar refractivity (Wildman–Crippen MR) is 104 cm³/mol. The first-order valence-electron chi connectivity index (χ1n) is 8.94. The van der Waals surface area contributed by atoms with Crippen LogP contribution in [0.3, 0.4) is 0 Å². The highest BCUT2D eigenvalue weighted by Gasteiger charge is 2.20. The predicted octanol–water partition coefficient (Wildman–Crippen LogP) is 1.98. The molecule has 2 aromatic carbocycles. The number of amides is 3. The second-order valence-corrected chi connectivity index (χ2v) is 6.42. The second kappa shape index (κ2) is 9.16. The van der Waals surface area contributed by atoms with Crippen LogP contribution in [0.15, 0.2) is 54.6 Å². The maximum atomic E-state index is 12.8. The van der Waals surface area contributed by atoms with Gasteiger partial charge in [0.1, 0.15) is 0 Å². The van der Waals surface area contributed by atoms with Gasteiger partial charge in [-0.1, -0.05) is 36.4 Å². The van der Waals surface area contributed by atoms with Crippen molar-refractivity contribution in [2.45, 2.75) is 6.04 Å². The molecule has 27 heavy (non-hydrogen) atoms. The van der Waals surface area contributed by atoms with Crippen LogP contribution in [-0.4, -0.2) is 49.7 Å². The number of primary amides is 1. The molecule has 3 amide bonds. The van der Waals surface area contributed by atoms with Gasteiger partial charge in [0.15, 0.2) is 0 Å². The van der Waals surface area contributed by atoms with Crippen LogP contribution in [-0.2, 0) is 4.74 Å². The summed E-state index contributed by atoms with van der Waals surface area (Å²) in [6, 6.07) is 15.8. The number of carbonyl (C=O) groups excluding carboxylic acids is 2. The van der Waals surface area contributed by atoms with Crippen molar-refractivity contribution in [2.24, 2.45) is 5.73 Å². The number of hydrogen-bond acceptors (Lipinski definition) is 4. The number of rotatable bonds is 6.